The molecule has 188 valence electrons. The van der Waals surface area contributed by atoms with E-state index in [0.717, 1.165) is 48.8 Å². The Morgan fingerprint density at radius 2 is 1.83 bits per heavy atom. The molecule has 1 saturated heterocycles. The van der Waals surface area contributed by atoms with Crippen LogP contribution >= 0.6 is 0 Å². The molecule has 9 nitrogen and oxygen atoms in total. The summed E-state index contributed by atoms with van der Waals surface area (Å²) in [6.45, 7) is 8.21. The second-order valence-electron chi connectivity index (χ2n) is 8.64. The van der Waals surface area contributed by atoms with E-state index in [1.54, 1.807) is 6.07 Å². The second-order valence-corrected chi connectivity index (χ2v) is 10.2. The fourth-order valence-electron chi connectivity index (χ4n) is 4.57. The van der Waals surface area contributed by atoms with Gasteiger partial charge in [0.25, 0.3) is 0 Å². The van der Waals surface area contributed by atoms with E-state index in [0.29, 0.717) is 38.1 Å². The fraction of sp³-hybridized carbons (Fsp3) is 0.440. The molecule has 3 aromatic rings. The van der Waals surface area contributed by atoms with E-state index in [2.05, 4.69) is 27.4 Å². The van der Waals surface area contributed by atoms with Crippen LogP contribution in [0.4, 0.5) is 5.69 Å². The largest absolute Gasteiger partial charge is 0.492 e. The minimum absolute atomic E-state index is 0.0394. The summed E-state index contributed by atoms with van der Waals surface area (Å²) in [5.74, 6) is 1.75. The molecule has 0 saturated carbocycles. The Morgan fingerprint density at radius 3 is 2.51 bits per heavy atom. The number of carbonyl (C=O) groups is 1. The highest BCUT2D eigenvalue weighted by Crippen LogP contribution is 2.29. The molecule has 0 spiro atoms. The summed E-state index contributed by atoms with van der Waals surface area (Å²) in [6.07, 6.45) is 1.74. The van der Waals surface area contributed by atoms with Gasteiger partial charge < -0.3 is 19.1 Å². The molecule has 35 heavy (non-hydrogen) atoms. The van der Waals surface area contributed by atoms with Gasteiger partial charge in [-0.25, -0.2) is 18.5 Å². The van der Waals surface area contributed by atoms with E-state index >= 15 is 0 Å². The lowest BCUT2D eigenvalue weighted by atomic mass is 10.2. The molecule has 0 atom stereocenters. The number of aromatic nitrogens is 2. The summed E-state index contributed by atoms with van der Waals surface area (Å²) >= 11 is 0. The minimum Gasteiger partial charge on any atom is -0.492 e. The average molecular weight is 500 g/mol. The Morgan fingerprint density at radius 1 is 1.09 bits per heavy atom. The third-order valence-corrected chi connectivity index (χ3v) is 7.19. The van der Waals surface area contributed by atoms with Crippen molar-refractivity contribution in [3.05, 3.63) is 48.3 Å². The van der Waals surface area contributed by atoms with E-state index in [4.69, 9.17) is 9.88 Å². The van der Waals surface area contributed by atoms with Crippen molar-refractivity contribution in [3.63, 3.8) is 0 Å². The number of rotatable bonds is 9. The van der Waals surface area contributed by atoms with Crippen molar-refractivity contribution in [3.8, 4) is 5.75 Å². The zero-order valence-electron chi connectivity index (χ0n) is 20.3. The fourth-order valence-corrected chi connectivity index (χ4v) is 5.10. The van der Waals surface area contributed by atoms with E-state index < -0.39 is 10.0 Å². The van der Waals surface area contributed by atoms with Gasteiger partial charge in [-0.05, 0) is 43.7 Å². The maximum absolute atomic E-state index is 13.0. The number of carbonyl (C=O) groups excluding carboxylic acids is 1. The zero-order valence-corrected chi connectivity index (χ0v) is 21.1. The summed E-state index contributed by atoms with van der Waals surface area (Å²) in [4.78, 5) is 21.9. The van der Waals surface area contributed by atoms with E-state index in [1.165, 1.54) is 12.1 Å². The smallest absolute Gasteiger partial charge is 0.238 e. The first-order valence-electron chi connectivity index (χ1n) is 12.1. The number of primary sulfonamides is 1. The molecule has 0 aliphatic carbocycles. The lowest BCUT2D eigenvalue weighted by molar-refractivity contribution is -0.131. The topological polar surface area (TPSA) is 111 Å². The molecule has 2 aromatic carbocycles. The predicted octanol–water partition coefficient (Wildman–Crippen LogP) is 2.77. The Bertz CT molecular complexity index is 1300. The van der Waals surface area contributed by atoms with Crippen LogP contribution in [-0.4, -0.2) is 61.6 Å². The number of fused-ring (bicyclic) bond motifs is 1. The molecule has 1 fully saturated rings. The van der Waals surface area contributed by atoms with Crippen molar-refractivity contribution in [2.75, 3.05) is 37.7 Å². The van der Waals surface area contributed by atoms with Gasteiger partial charge in [-0.3, -0.25) is 4.79 Å². The standard InChI is InChI=1S/C25H33N5O4S/c1-3-13-30-21-10-9-19(35(26,32)33)18-20(21)27-24(30)11-12-25(31)29-16-14-28(15-17-29)22-7-5-6-8-23(22)34-4-2/h5-10,18H,3-4,11-17H2,1-2H3,(H2,26,32,33). The maximum Gasteiger partial charge on any atom is 0.238 e. The number of sulfonamides is 1. The van der Waals surface area contributed by atoms with Crippen molar-refractivity contribution >= 4 is 32.7 Å². The van der Waals surface area contributed by atoms with Crippen LogP contribution in [0.2, 0.25) is 0 Å². The number of nitrogens with zero attached hydrogens (tertiary/aromatic N) is 4. The molecular weight excluding hydrogens is 466 g/mol. The van der Waals surface area contributed by atoms with Crippen LogP contribution in [0, 0.1) is 0 Å². The predicted molar refractivity (Wildman–Crippen MR) is 136 cm³/mol. The first kappa shape index (κ1) is 25.0. The summed E-state index contributed by atoms with van der Waals surface area (Å²) in [5.41, 5.74) is 2.49. The van der Waals surface area contributed by atoms with E-state index in [-0.39, 0.29) is 10.8 Å². The number of nitrogens with two attached hydrogens (primary N) is 1. The normalized spacial score (nSPS) is 14.5. The number of aryl methyl sites for hydroxylation is 2. The highest BCUT2D eigenvalue weighted by Gasteiger charge is 2.23. The summed E-state index contributed by atoms with van der Waals surface area (Å²) in [6, 6.07) is 12.7. The maximum atomic E-state index is 13.0. The molecule has 2 heterocycles. The monoisotopic (exact) mass is 499 g/mol. The van der Waals surface area contributed by atoms with Crippen molar-refractivity contribution in [2.24, 2.45) is 5.14 Å². The lowest BCUT2D eigenvalue weighted by Crippen LogP contribution is -2.49. The molecule has 4 rings (SSSR count). The molecule has 0 unspecified atom stereocenters. The molecule has 1 amide bonds. The number of hydrogen-bond donors (Lipinski definition) is 1. The Balaban J connectivity index is 1.41. The second kappa shape index (κ2) is 10.7. The minimum atomic E-state index is -3.80. The molecule has 0 bridgehead atoms. The SMILES string of the molecule is CCCn1c(CCC(=O)N2CCN(c3ccccc3OCC)CC2)nc2cc(S(N)(=O)=O)ccc21. The third kappa shape index (κ3) is 5.59. The molecule has 1 aliphatic rings. The number of imidazole rings is 1. The summed E-state index contributed by atoms with van der Waals surface area (Å²) in [7, 11) is -3.80. The van der Waals surface area contributed by atoms with Gasteiger partial charge in [-0.1, -0.05) is 19.1 Å². The molecular formula is C25H33N5O4S. The van der Waals surface area contributed by atoms with Crippen LogP contribution in [0.1, 0.15) is 32.5 Å². The number of para-hydroxylation sites is 2. The molecule has 10 heteroatoms. The van der Waals surface area contributed by atoms with Crippen LogP contribution < -0.4 is 14.8 Å². The van der Waals surface area contributed by atoms with Gasteiger partial charge in [0.2, 0.25) is 15.9 Å². The Hall–Kier alpha value is -3.11. The van der Waals surface area contributed by atoms with Gasteiger partial charge in [0.15, 0.2) is 0 Å². The number of ether oxygens (including phenoxy) is 1. The number of amides is 1. The number of benzene rings is 2. The van der Waals surface area contributed by atoms with E-state index in [9.17, 15) is 13.2 Å². The number of piperazine rings is 1. The van der Waals surface area contributed by atoms with Crippen molar-refractivity contribution in [1.29, 1.82) is 0 Å². The molecule has 2 N–H and O–H groups in total. The van der Waals surface area contributed by atoms with Gasteiger partial charge in [0, 0.05) is 45.6 Å². The quantitative estimate of drug-likeness (QED) is 0.485. The van der Waals surface area contributed by atoms with Crippen LogP contribution in [0.25, 0.3) is 11.0 Å². The highest BCUT2D eigenvalue weighted by atomic mass is 32.2. The summed E-state index contributed by atoms with van der Waals surface area (Å²) in [5, 5.41) is 5.28. The zero-order chi connectivity index (χ0) is 25.0. The first-order valence-corrected chi connectivity index (χ1v) is 13.6. The van der Waals surface area contributed by atoms with Crippen molar-refractivity contribution in [2.45, 2.75) is 44.6 Å². The van der Waals surface area contributed by atoms with Gasteiger partial charge in [0.1, 0.15) is 11.6 Å². The Kier molecular flexibility index (Phi) is 7.61. The van der Waals surface area contributed by atoms with Crippen molar-refractivity contribution < 1.29 is 17.9 Å². The molecule has 1 aliphatic heterocycles. The van der Waals surface area contributed by atoms with Crippen LogP contribution in [0.3, 0.4) is 0 Å². The number of anilines is 1. The third-order valence-electron chi connectivity index (χ3n) is 6.28. The molecule has 0 radical (unpaired) electrons. The number of hydrogen-bond acceptors (Lipinski definition) is 6. The van der Waals surface area contributed by atoms with Crippen LogP contribution in [-0.2, 0) is 27.8 Å². The van der Waals surface area contributed by atoms with Crippen LogP contribution in [0.5, 0.6) is 5.75 Å². The van der Waals surface area contributed by atoms with E-state index in [1.807, 2.05) is 30.0 Å². The van der Waals surface area contributed by atoms with Crippen LogP contribution in [0.15, 0.2) is 47.4 Å². The van der Waals surface area contributed by atoms with Gasteiger partial charge in [0.05, 0.1) is 28.2 Å². The first-order chi connectivity index (χ1) is 16.8. The lowest BCUT2D eigenvalue weighted by Gasteiger charge is -2.36. The Labute approximate surface area is 206 Å². The molecule has 1 aromatic heterocycles. The van der Waals surface area contributed by atoms with Gasteiger partial charge in [-0.15, -0.1) is 0 Å². The van der Waals surface area contributed by atoms with Gasteiger partial charge >= 0.3 is 0 Å². The van der Waals surface area contributed by atoms with Crippen molar-refractivity contribution in [1.82, 2.24) is 14.5 Å². The average Bonchev–Trinajstić information content (AvgIpc) is 3.19. The summed E-state index contributed by atoms with van der Waals surface area (Å²) < 4.78 is 31.3. The highest BCUT2D eigenvalue weighted by molar-refractivity contribution is 7.89. The van der Waals surface area contributed by atoms with Gasteiger partial charge in [-0.2, -0.15) is 0 Å².